The topological polar surface area (TPSA) is 41.6 Å². The predicted octanol–water partition coefficient (Wildman–Crippen LogP) is 3.55. The van der Waals surface area contributed by atoms with Crippen molar-refractivity contribution in [3.8, 4) is 5.75 Å². The van der Waals surface area contributed by atoms with Gasteiger partial charge in [0.25, 0.3) is 0 Å². The number of anilines is 1. The van der Waals surface area contributed by atoms with E-state index in [0.717, 1.165) is 25.9 Å². The van der Waals surface area contributed by atoms with Crippen molar-refractivity contribution in [2.24, 2.45) is 5.92 Å². The molecule has 0 spiro atoms. The average molecular weight is 284 g/mol. The Morgan fingerprint density at radius 3 is 3.00 bits per heavy atom. The molecule has 0 aliphatic carbocycles. The maximum Gasteiger partial charge on any atom is 0.387 e. The Morgan fingerprint density at radius 1 is 1.50 bits per heavy atom. The third kappa shape index (κ3) is 4.08. The molecule has 4 nitrogen and oxygen atoms in total. The number of rotatable bonds is 3. The summed E-state index contributed by atoms with van der Waals surface area (Å²) in [4.78, 5) is 13.8. The van der Waals surface area contributed by atoms with Crippen molar-refractivity contribution in [1.82, 2.24) is 4.90 Å². The molecule has 6 heteroatoms. The van der Waals surface area contributed by atoms with Crippen molar-refractivity contribution in [1.29, 1.82) is 0 Å². The summed E-state index contributed by atoms with van der Waals surface area (Å²) in [6.45, 7) is 0.683. The van der Waals surface area contributed by atoms with Gasteiger partial charge in [0, 0.05) is 24.8 Å². The summed E-state index contributed by atoms with van der Waals surface area (Å²) in [7, 11) is 0. The van der Waals surface area contributed by atoms with E-state index >= 15 is 0 Å². The minimum Gasteiger partial charge on any atom is -0.435 e. The first-order valence-corrected chi connectivity index (χ1v) is 6.65. The Kier molecular flexibility index (Phi) is 4.76. The smallest absolute Gasteiger partial charge is 0.387 e. The molecule has 1 N–H and O–H groups in total. The van der Waals surface area contributed by atoms with Crippen LogP contribution in [-0.2, 0) is 0 Å². The van der Waals surface area contributed by atoms with E-state index in [4.69, 9.17) is 0 Å². The Bertz CT molecular complexity index is 468. The molecule has 0 bridgehead atoms. The fourth-order valence-electron chi connectivity index (χ4n) is 2.33. The second kappa shape index (κ2) is 6.54. The van der Waals surface area contributed by atoms with Crippen LogP contribution >= 0.6 is 0 Å². The molecule has 0 saturated carbocycles. The van der Waals surface area contributed by atoms with Crippen LogP contribution < -0.4 is 10.1 Å². The van der Waals surface area contributed by atoms with Gasteiger partial charge >= 0.3 is 12.6 Å². The van der Waals surface area contributed by atoms with Gasteiger partial charge in [-0.1, -0.05) is 13.0 Å². The number of ether oxygens (including phenoxy) is 1. The number of alkyl halides is 2. The van der Waals surface area contributed by atoms with Crippen LogP contribution in [0.4, 0.5) is 19.3 Å². The standard InChI is InChI=1S/C14H18F2N2O2/c1-10-4-3-7-18(9-10)14(19)17-11-5-2-6-12(8-11)20-13(15)16/h2,5-6,8,10,13H,3-4,7,9H2,1H3,(H,17,19). The number of benzene rings is 1. The zero-order chi connectivity index (χ0) is 14.5. The summed E-state index contributed by atoms with van der Waals surface area (Å²) < 4.78 is 28.6. The number of hydrogen-bond acceptors (Lipinski definition) is 2. The molecular weight excluding hydrogens is 266 g/mol. The van der Waals surface area contributed by atoms with E-state index in [1.807, 2.05) is 0 Å². The molecule has 2 rings (SSSR count). The summed E-state index contributed by atoms with van der Waals surface area (Å²) in [5.74, 6) is 0.521. The summed E-state index contributed by atoms with van der Waals surface area (Å²) >= 11 is 0. The maximum absolute atomic E-state index is 12.1. The van der Waals surface area contributed by atoms with Gasteiger partial charge in [0.05, 0.1) is 0 Å². The second-order valence-electron chi connectivity index (χ2n) is 5.03. The summed E-state index contributed by atoms with van der Waals surface area (Å²) in [6, 6.07) is 5.81. The number of likely N-dealkylation sites (tertiary alicyclic amines) is 1. The van der Waals surface area contributed by atoms with Crippen LogP contribution in [0.3, 0.4) is 0 Å². The third-order valence-corrected chi connectivity index (χ3v) is 3.25. The highest BCUT2D eigenvalue weighted by atomic mass is 19.3. The van der Waals surface area contributed by atoms with Gasteiger partial charge in [-0.3, -0.25) is 0 Å². The van der Waals surface area contributed by atoms with Gasteiger partial charge in [-0.2, -0.15) is 8.78 Å². The Morgan fingerprint density at radius 2 is 2.30 bits per heavy atom. The lowest BCUT2D eigenvalue weighted by Crippen LogP contribution is -2.41. The highest BCUT2D eigenvalue weighted by Crippen LogP contribution is 2.21. The molecule has 1 atom stereocenters. The number of carbonyl (C=O) groups excluding carboxylic acids is 1. The molecule has 1 saturated heterocycles. The first-order chi connectivity index (χ1) is 9.54. The third-order valence-electron chi connectivity index (χ3n) is 3.25. The molecule has 1 aliphatic heterocycles. The van der Waals surface area contributed by atoms with Crippen molar-refractivity contribution in [2.45, 2.75) is 26.4 Å². The van der Waals surface area contributed by atoms with Gasteiger partial charge in [-0.05, 0) is 30.9 Å². The molecular formula is C14H18F2N2O2. The quantitative estimate of drug-likeness (QED) is 0.922. The van der Waals surface area contributed by atoms with Crippen molar-refractivity contribution in [3.63, 3.8) is 0 Å². The van der Waals surface area contributed by atoms with Gasteiger partial charge in [0.15, 0.2) is 0 Å². The number of carbonyl (C=O) groups is 1. The van der Waals surface area contributed by atoms with Gasteiger partial charge in [-0.15, -0.1) is 0 Å². The Labute approximate surface area is 116 Å². The Hall–Kier alpha value is -1.85. The van der Waals surface area contributed by atoms with E-state index in [2.05, 4.69) is 17.0 Å². The maximum atomic E-state index is 12.1. The minimum absolute atomic E-state index is 0.0322. The summed E-state index contributed by atoms with van der Waals surface area (Å²) in [5, 5.41) is 2.71. The lowest BCUT2D eigenvalue weighted by atomic mass is 10.0. The molecule has 1 aromatic rings. The van der Waals surface area contributed by atoms with Crippen LogP contribution in [0.2, 0.25) is 0 Å². The van der Waals surface area contributed by atoms with E-state index in [0.29, 0.717) is 11.6 Å². The van der Waals surface area contributed by atoms with Crippen LogP contribution in [-0.4, -0.2) is 30.6 Å². The molecule has 20 heavy (non-hydrogen) atoms. The fourth-order valence-corrected chi connectivity index (χ4v) is 2.33. The molecule has 1 aliphatic rings. The van der Waals surface area contributed by atoms with Gasteiger partial charge in [0.1, 0.15) is 5.75 Å². The molecule has 1 heterocycles. The Balaban J connectivity index is 1.96. The lowest BCUT2D eigenvalue weighted by Gasteiger charge is -2.30. The average Bonchev–Trinajstić information content (AvgIpc) is 2.38. The van der Waals surface area contributed by atoms with E-state index in [-0.39, 0.29) is 11.8 Å². The van der Waals surface area contributed by atoms with E-state index in [1.54, 1.807) is 17.0 Å². The van der Waals surface area contributed by atoms with Crippen LogP contribution in [0.25, 0.3) is 0 Å². The number of nitrogens with one attached hydrogen (secondary N) is 1. The normalized spacial score (nSPS) is 19.0. The molecule has 1 unspecified atom stereocenters. The monoisotopic (exact) mass is 284 g/mol. The summed E-state index contributed by atoms with van der Waals surface area (Å²) in [6.07, 6.45) is 2.12. The lowest BCUT2D eigenvalue weighted by molar-refractivity contribution is -0.0497. The molecule has 2 amide bonds. The molecule has 0 aromatic heterocycles. The largest absolute Gasteiger partial charge is 0.435 e. The van der Waals surface area contributed by atoms with E-state index in [1.165, 1.54) is 12.1 Å². The molecule has 1 aromatic carbocycles. The predicted molar refractivity (Wildman–Crippen MR) is 72.1 cm³/mol. The van der Waals surface area contributed by atoms with Crippen LogP contribution in [0.5, 0.6) is 5.75 Å². The zero-order valence-electron chi connectivity index (χ0n) is 11.3. The number of halogens is 2. The number of amides is 2. The van der Waals surface area contributed by atoms with Crippen LogP contribution in [0.15, 0.2) is 24.3 Å². The van der Waals surface area contributed by atoms with E-state index in [9.17, 15) is 13.6 Å². The number of hydrogen-bond donors (Lipinski definition) is 1. The highest BCUT2D eigenvalue weighted by molar-refractivity contribution is 5.89. The zero-order valence-corrected chi connectivity index (χ0v) is 11.3. The minimum atomic E-state index is -2.87. The van der Waals surface area contributed by atoms with E-state index < -0.39 is 6.61 Å². The van der Waals surface area contributed by atoms with Crippen molar-refractivity contribution in [2.75, 3.05) is 18.4 Å². The van der Waals surface area contributed by atoms with Crippen LogP contribution in [0, 0.1) is 5.92 Å². The highest BCUT2D eigenvalue weighted by Gasteiger charge is 2.20. The number of urea groups is 1. The van der Waals surface area contributed by atoms with Crippen LogP contribution in [0.1, 0.15) is 19.8 Å². The fraction of sp³-hybridized carbons (Fsp3) is 0.500. The van der Waals surface area contributed by atoms with Gasteiger partial charge < -0.3 is 15.0 Å². The SMILES string of the molecule is CC1CCCN(C(=O)Nc2cccc(OC(F)F)c2)C1. The number of piperidine rings is 1. The second-order valence-corrected chi connectivity index (χ2v) is 5.03. The first-order valence-electron chi connectivity index (χ1n) is 6.65. The number of nitrogens with zero attached hydrogens (tertiary/aromatic N) is 1. The molecule has 110 valence electrons. The van der Waals surface area contributed by atoms with Crippen molar-refractivity contribution < 1.29 is 18.3 Å². The molecule has 1 fully saturated rings. The van der Waals surface area contributed by atoms with Crippen molar-refractivity contribution in [3.05, 3.63) is 24.3 Å². The van der Waals surface area contributed by atoms with Crippen molar-refractivity contribution >= 4 is 11.7 Å². The van der Waals surface area contributed by atoms with Gasteiger partial charge in [-0.25, -0.2) is 4.79 Å². The molecule has 0 radical (unpaired) electrons. The summed E-state index contributed by atoms with van der Waals surface area (Å²) in [5.41, 5.74) is 0.450. The first kappa shape index (κ1) is 14.6. The van der Waals surface area contributed by atoms with Gasteiger partial charge in [0.2, 0.25) is 0 Å².